The van der Waals surface area contributed by atoms with E-state index in [1.165, 1.54) is 7.05 Å². The van der Waals surface area contributed by atoms with Crippen LogP contribution in [0.2, 0.25) is 0 Å². The molecule has 96 valence electrons. The number of benzene rings is 1. The van der Waals surface area contributed by atoms with Crippen molar-refractivity contribution in [1.82, 2.24) is 4.72 Å². The Balaban J connectivity index is 2.87. The molecule has 0 aliphatic carbocycles. The van der Waals surface area contributed by atoms with Gasteiger partial charge in [-0.05, 0) is 38.6 Å². The maximum absolute atomic E-state index is 11.6. The van der Waals surface area contributed by atoms with Crippen LogP contribution in [0.3, 0.4) is 0 Å². The zero-order chi connectivity index (χ0) is 12.9. The fourth-order valence-corrected chi connectivity index (χ4v) is 2.44. The summed E-state index contributed by atoms with van der Waals surface area (Å²) in [6.07, 6.45) is 2.16. The van der Waals surface area contributed by atoms with Crippen LogP contribution in [-0.4, -0.2) is 21.5 Å². The summed E-state index contributed by atoms with van der Waals surface area (Å²) in [5.41, 5.74) is 0.835. The average Bonchev–Trinajstić information content (AvgIpc) is 2.29. The van der Waals surface area contributed by atoms with Gasteiger partial charge < -0.3 is 5.32 Å². The van der Waals surface area contributed by atoms with Crippen molar-refractivity contribution in [3.8, 4) is 0 Å². The first-order valence-electron chi connectivity index (χ1n) is 5.79. The molecule has 1 aromatic carbocycles. The Kier molecular flexibility index (Phi) is 4.96. The molecule has 0 saturated carbocycles. The van der Waals surface area contributed by atoms with Crippen molar-refractivity contribution in [3.63, 3.8) is 0 Å². The van der Waals surface area contributed by atoms with Crippen molar-refractivity contribution < 1.29 is 8.42 Å². The average molecular weight is 256 g/mol. The van der Waals surface area contributed by atoms with Crippen molar-refractivity contribution in [2.45, 2.75) is 37.6 Å². The van der Waals surface area contributed by atoms with Crippen LogP contribution in [0.4, 0.5) is 5.69 Å². The number of anilines is 1. The van der Waals surface area contributed by atoms with E-state index in [9.17, 15) is 8.42 Å². The predicted molar refractivity (Wildman–Crippen MR) is 70.7 cm³/mol. The Hall–Kier alpha value is -1.07. The Bertz CT molecular complexity index is 457. The zero-order valence-electron chi connectivity index (χ0n) is 10.5. The van der Waals surface area contributed by atoms with Gasteiger partial charge in [0, 0.05) is 11.7 Å². The minimum atomic E-state index is -3.36. The highest BCUT2D eigenvalue weighted by molar-refractivity contribution is 7.89. The van der Waals surface area contributed by atoms with Gasteiger partial charge in [0.15, 0.2) is 0 Å². The van der Waals surface area contributed by atoms with E-state index in [4.69, 9.17) is 0 Å². The van der Waals surface area contributed by atoms with Crippen molar-refractivity contribution >= 4 is 15.7 Å². The molecule has 0 heterocycles. The van der Waals surface area contributed by atoms with Crippen LogP contribution < -0.4 is 10.0 Å². The molecule has 17 heavy (non-hydrogen) atoms. The van der Waals surface area contributed by atoms with Gasteiger partial charge >= 0.3 is 0 Å². The second kappa shape index (κ2) is 6.02. The third-order valence-corrected chi connectivity index (χ3v) is 3.96. The van der Waals surface area contributed by atoms with Crippen molar-refractivity contribution in [2.75, 3.05) is 12.4 Å². The molecule has 0 bridgehead atoms. The van der Waals surface area contributed by atoms with Gasteiger partial charge in [-0.1, -0.05) is 19.4 Å². The van der Waals surface area contributed by atoms with Crippen LogP contribution in [0.1, 0.15) is 26.7 Å². The summed E-state index contributed by atoms with van der Waals surface area (Å²) in [7, 11) is -1.95. The molecule has 0 radical (unpaired) electrons. The van der Waals surface area contributed by atoms with Crippen LogP contribution >= 0.6 is 0 Å². The van der Waals surface area contributed by atoms with Crippen LogP contribution in [0, 0.1) is 0 Å². The highest BCUT2D eigenvalue weighted by atomic mass is 32.2. The molecule has 1 rings (SSSR count). The monoisotopic (exact) mass is 256 g/mol. The second-order valence-electron chi connectivity index (χ2n) is 4.07. The summed E-state index contributed by atoms with van der Waals surface area (Å²) in [5, 5.41) is 3.29. The summed E-state index contributed by atoms with van der Waals surface area (Å²) in [6, 6.07) is 7.19. The normalized spacial score (nSPS) is 13.4. The topological polar surface area (TPSA) is 58.2 Å². The minimum absolute atomic E-state index is 0.286. The highest BCUT2D eigenvalue weighted by Crippen LogP contribution is 2.16. The van der Waals surface area contributed by atoms with E-state index in [1.807, 2.05) is 6.07 Å². The Morgan fingerprint density at radius 2 is 2.06 bits per heavy atom. The molecule has 0 aliphatic heterocycles. The first-order valence-corrected chi connectivity index (χ1v) is 7.28. The zero-order valence-corrected chi connectivity index (χ0v) is 11.3. The summed E-state index contributed by atoms with van der Waals surface area (Å²) < 4.78 is 25.6. The second-order valence-corrected chi connectivity index (χ2v) is 5.96. The molecule has 0 aromatic heterocycles. The van der Waals surface area contributed by atoms with E-state index in [0.717, 1.165) is 18.5 Å². The number of hydrogen-bond donors (Lipinski definition) is 2. The van der Waals surface area contributed by atoms with Gasteiger partial charge in [-0.15, -0.1) is 0 Å². The molecule has 0 saturated heterocycles. The van der Waals surface area contributed by atoms with Gasteiger partial charge in [0.2, 0.25) is 10.0 Å². The van der Waals surface area contributed by atoms with E-state index < -0.39 is 10.0 Å². The smallest absolute Gasteiger partial charge is 0.240 e. The van der Waals surface area contributed by atoms with Gasteiger partial charge in [0.05, 0.1) is 4.90 Å². The minimum Gasteiger partial charge on any atom is -0.383 e. The lowest BCUT2D eigenvalue weighted by atomic mass is 10.2. The number of nitrogens with one attached hydrogen (secondary N) is 2. The maximum atomic E-state index is 11.6. The molecule has 5 heteroatoms. The third-order valence-electron chi connectivity index (χ3n) is 2.55. The Labute approximate surface area is 103 Å². The lowest BCUT2D eigenvalue weighted by molar-refractivity contribution is 0.588. The summed E-state index contributed by atoms with van der Waals surface area (Å²) in [6.45, 7) is 4.21. The molecule has 0 amide bonds. The SMILES string of the molecule is CCCC(C)Nc1cccc(S(=O)(=O)NC)c1. The lowest BCUT2D eigenvalue weighted by Crippen LogP contribution is -2.19. The first kappa shape index (κ1) is 14.0. The van der Waals surface area contributed by atoms with Crippen LogP contribution in [-0.2, 0) is 10.0 Å². The van der Waals surface area contributed by atoms with Gasteiger partial charge in [0.25, 0.3) is 0 Å². The van der Waals surface area contributed by atoms with Crippen LogP contribution in [0.5, 0.6) is 0 Å². The molecule has 0 aliphatic rings. The summed E-state index contributed by atoms with van der Waals surface area (Å²) in [4.78, 5) is 0.286. The summed E-state index contributed by atoms with van der Waals surface area (Å²) >= 11 is 0. The van der Waals surface area contributed by atoms with E-state index in [2.05, 4.69) is 23.9 Å². The quantitative estimate of drug-likeness (QED) is 0.820. The van der Waals surface area contributed by atoms with Crippen molar-refractivity contribution in [2.24, 2.45) is 0 Å². The largest absolute Gasteiger partial charge is 0.383 e. The molecule has 4 nitrogen and oxygen atoms in total. The Morgan fingerprint density at radius 1 is 1.35 bits per heavy atom. The third kappa shape index (κ3) is 4.02. The molecular formula is C12H20N2O2S. The van der Waals surface area contributed by atoms with E-state index in [0.29, 0.717) is 6.04 Å². The number of rotatable bonds is 6. The molecule has 1 unspecified atom stereocenters. The van der Waals surface area contributed by atoms with Gasteiger partial charge in [-0.25, -0.2) is 13.1 Å². The fourth-order valence-electron chi connectivity index (χ4n) is 1.66. The van der Waals surface area contributed by atoms with Crippen LogP contribution in [0.15, 0.2) is 29.2 Å². The maximum Gasteiger partial charge on any atom is 0.240 e. The van der Waals surface area contributed by atoms with E-state index in [1.54, 1.807) is 18.2 Å². The van der Waals surface area contributed by atoms with Gasteiger partial charge in [-0.3, -0.25) is 0 Å². The highest BCUT2D eigenvalue weighted by Gasteiger charge is 2.11. The Morgan fingerprint density at radius 3 is 2.65 bits per heavy atom. The number of hydrogen-bond acceptors (Lipinski definition) is 3. The van der Waals surface area contributed by atoms with E-state index in [-0.39, 0.29) is 4.90 Å². The molecule has 1 atom stereocenters. The molecule has 0 spiro atoms. The lowest BCUT2D eigenvalue weighted by Gasteiger charge is -2.14. The van der Waals surface area contributed by atoms with Gasteiger partial charge in [0.1, 0.15) is 0 Å². The molecular weight excluding hydrogens is 236 g/mol. The van der Waals surface area contributed by atoms with Crippen molar-refractivity contribution in [3.05, 3.63) is 24.3 Å². The molecule has 1 aromatic rings. The molecule has 2 N–H and O–H groups in total. The van der Waals surface area contributed by atoms with E-state index >= 15 is 0 Å². The standard InChI is InChI=1S/C12H20N2O2S/c1-4-6-10(2)14-11-7-5-8-12(9-11)17(15,16)13-3/h5,7-10,13-14H,4,6H2,1-3H3. The fraction of sp³-hybridized carbons (Fsp3) is 0.500. The molecule has 0 fully saturated rings. The van der Waals surface area contributed by atoms with Crippen LogP contribution in [0.25, 0.3) is 0 Å². The van der Waals surface area contributed by atoms with Gasteiger partial charge in [-0.2, -0.15) is 0 Å². The summed E-state index contributed by atoms with van der Waals surface area (Å²) in [5.74, 6) is 0. The predicted octanol–water partition coefficient (Wildman–Crippen LogP) is 2.20. The number of sulfonamides is 1. The van der Waals surface area contributed by atoms with Crippen molar-refractivity contribution in [1.29, 1.82) is 0 Å². The first-order chi connectivity index (χ1) is 7.99.